The van der Waals surface area contributed by atoms with Gasteiger partial charge in [0.05, 0.1) is 13.2 Å². The third-order valence-corrected chi connectivity index (χ3v) is 6.70. The van der Waals surface area contributed by atoms with E-state index in [1.54, 1.807) is 22.7 Å². The second kappa shape index (κ2) is 9.04. The van der Waals surface area contributed by atoms with Gasteiger partial charge in [0.15, 0.2) is 11.5 Å². The molecule has 2 heterocycles. The molecule has 0 spiro atoms. The molecule has 0 aromatic carbocycles. The molecule has 2 N–H and O–H groups in total. The Labute approximate surface area is 163 Å². The molecule has 0 atom stereocenters. The second-order valence-corrected chi connectivity index (χ2v) is 9.09. The van der Waals surface area contributed by atoms with Gasteiger partial charge in [0.2, 0.25) is 0 Å². The predicted molar refractivity (Wildman–Crippen MR) is 110 cm³/mol. The Balaban J connectivity index is 2.78. The molecular weight excluding hydrogens is 368 g/mol. The Kier molecular flexibility index (Phi) is 7.29. The van der Waals surface area contributed by atoms with E-state index in [2.05, 4.69) is 41.5 Å². The second-order valence-electron chi connectivity index (χ2n) is 6.23. The summed E-state index contributed by atoms with van der Waals surface area (Å²) in [5.74, 6) is 1.30. The maximum absolute atomic E-state index is 9.32. The van der Waals surface area contributed by atoms with Crippen molar-refractivity contribution in [3.8, 4) is 0 Å². The lowest BCUT2D eigenvalue weighted by Gasteiger charge is -2.19. The first-order valence-electron chi connectivity index (χ1n) is 8.68. The van der Waals surface area contributed by atoms with Crippen LogP contribution in [-0.2, 0) is 9.47 Å². The van der Waals surface area contributed by atoms with Crippen LogP contribution < -0.4 is 0 Å². The van der Waals surface area contributed by atoms with E-state index in [1.807, 2.05) is 0 Å². The minimum Gasteiger partial charge on any atom is -0.487 e. The standard InChI is InChI=1S/C20H28O4S2/c1-11-13(3)25-15(5)17(11)19(23-9-7-21)20(24-10-8-22)18-12(2)14(4)26-16(18)6/h21-22H,7-10H2,1-6H3/b20-19+. The lowest BCUT2D eigenvalue weighted by molar-refractivity contribution is 0.162. The molecule has 0 saturated heterocycles. The van der Waals surface area contributed by atoms with E-state index in [0.717, 1.165) is 32.0 Å². The van der Waals surface area contributed by atoms with Crippen molar-refractivity contribution in [2.75, 3.05) is 26.4 Å². The summed E-state index contributed by atoms with van der Waals surface area (Å²) in [4.78, 5) is 4.78. The van der Waals surface area contributed by atoms with Gasteiger partial charge in [-0.1, -0.05) is 0 Å². The first-order valence-corrected chi connectivity index (χ1v) is 10.3. The van der Waals surface area contributed by atoms with Crippen LogP contribution in [0, 0.1) is 41.5 Å². The lowest BCUT2D eigenvalue weighted by atomic mass is 10.0. The number of rotatable bonds is 8. The third-order valence-electron chi connectivity index (χ3n) is 4.46. The van der Waals surface area contributed by atoms with Gasteiger partial charge in [0.1, 0.15) is 13.2 Å². The van der Waals surface area contributed by atoms with E-state index in [1.165, 1.54) is 9.75 Å². The van der Waals surface area contributed by atoms with Gasteiger partial charge in [-0.25, -0.2) is 0 Å². The normalized spacial score (nSPS) is 12.3. The van der Waals surface area contributed by atoms with Gasteiger partial charge in [0, 0.05) is 30.6 Å². The van der Waals surface area contributed by atoms with Crippen LogP contribution in [0.15, 0.2) is 0 Å². The average molecular weight is 397 g/mol. The number of hydrogen-bond acceptors (Lipinski definition) is 6. The summed E-state index contributed by atoms with van der Waals surface area (Å²) in [5.41, 5.74) is 4.37. The molecule has 0 bridgehead atoms. The molecule has 0 amide bonds. The van der Waals surface area contributed by atoms with E-state index in [9.17, 15) is 10.2 Å². The van der Waals surface area contributed by atoms with Crippen LogP contribution in [0.4, 0.5) is 0 Å². The van der Waals surface area contributed by atoms with Crippen LogP contribution in [0.5, 0.6) is 0 Å². The summed E-state index contributed by atoms with van der Waals surface area (Å²) in [6, 6.07) is 0. The molecule has 0 unspecified atom stereocenters. The van der Waals surface area contributed by atoms with Crippen LogP contribution in [-0.4, -0.2) is 36.6 Å². The van der Waals surface area contributed by atoms with Gasteiger partial charge in [0.25, 0.3) is 0 Å². The highest BCUT2D eigenvalue weighted by Crippen LogP contribution is 2.41. The van der Waals surface area contributed by atoms with Crippen molar-refractivity contribution in [2.24, 2.45) is 0 Å². The topological polar surface area (TPSA) is 58.9 Å². The van der Waals surface area contributed by atoms with Crippen molar-refractivity contribution >= 4 is 34.2 Å². The Bertz CT molecular complexity index is 733. The summed E-state index contributed by atoms with van der Waals surface area (Å²) in [7, 11) is 0. The van der Waals surface area contributed by atoms with Gasteiger partial charge in [-0.15, -0.1) is 22.7 Å². The number of thiophene rings is 2. The fourth-order valence-electron chi connectivity index (χ4n) is 3.05. The largest absolute Gasteiger partial charge is 0.487 e. The molecule has 2 aromatic heterocycles. The SMILES string of the molecule is Cc1sc(C)c(/C(OCCO)=C(\OCCO)c2c(C)sc(C)c2C)c1C. The van der Waals surface area contributed by atoms with E-state index < -0.39 is 0 Å². The van der Waals surface area contributed by atoms with Crippen LogP contribution >= 0.6 is 22.7 Å². The smallest absolute Gasteiger partial charge is 0.170 e. The average Bonchev–Trinajstić information content (AvgIpc) is 2.99. The van der Waals surface area contributed by atoms with Crippen LogP contribution in [0.2, 0.25) is 0 Å². The summed E-state index contributed by atoms with van der Waals surface area (Å²) < 4.78 is 12.0. The quantitative estimate of drug-likeness (QED) is 0.645. The predicted octanol–water partition coefficient (Wildman–Crippen LogP) is 4.50. The molecule has 26 heavy (non-hydrogen) atoms. The Morgan fingerprint density at radius 1 is 0.654 bits per heavy atom. The highest BCUT2D eigenvalue weighted by Gasteiger charge is 2.25. The molecule has 0 radical (unpaired) electrons. The molecule has 0 saturated carbocycles. The van der Waals surface area contributed by atoms with Crippen molar-refractivity contribution in [1.29, 1.82) is 0 Å². The minimum atomic E-state index is -0.0708. The molecule has 2 rings (SSSR count). The van der Waals surface area contributed by atoms with E-state index in [-0.39, 0.29) is 26.4 Å². The molecule has 0 fully saturated rings. The van der Waals surface area contributed by atoms with E-state index >= 15 is 0 Å². The van der Waals surface area contributed by atoms with E-state index in [0.29, 0.717) is 11.5 Å². The van der Waals surface area contributed by atoms with Gasteiger partial charge >= 0.3 is 0 Å². The van der Waals surface area contributed by atoms with Crippen LogP contribution in [0.25, 0.3) is 11.5 Å². The number of ether oxygens (including phenoxy) is 2. The van der Waals surface area contributed by atoms with Gasteiger partial charge < -0.3 is 19.7 Å². The molecule has 4 nitrogen and oxygen atoms in total. The third kappa shape index (κ3) is 4.14. The van der Waals surface area contributed by atoms with Crippen molar-refractivity contribution in [2.45, 2.75) is 41.5 Å². The van der Waals surface area contributed by atoms with Crippen molar-refractivity contribution in [3.05, 3.63) is 41.8 Å². The fraction of sp³-hybridized carbons (Fsp3) is 0.500. The number of aliphatic hydroxyl groups excluding tert-OH is 2. The Morgan fingerprint density at radius 3 is 1.23 bits per heavy atom. The number of hydrogen-bond donors (Lipinski definition) is 2. The highest BCUT2D eigenvalue weighted by atomic mass is 32.1. The Hall–Kier alpha value is -1.34. The van der Waals surface area contributed by atoms with Gasteiger partial charge in [-0.3, -0.25) is 0 Å². The van der Waals surface area contributed by atoms with Gasteiger partial charge in [-0.05, 0) is 52.7 Å². The number of aliphatic hydroxyl groups is 2. The zero-order valence-electron chi connectivity index (χ0n) is 16.4. The summed E-state index contributed by atoms with van der Waals surface area (Å²) >= 11 is 3.46. The first-order chi connectivity index (χ1) is 12.3. The molecule has 144 valence electrons. The lowest BCUT2D eigenvalue weighted by Crippen LogP contribution is -2.08. The number of aryl methyl sites for hydroxylation is 4. The fourth-order valence-corrected chi connectivity index (χ4v) is 5.18. The molecule has 6 heteroatoms. The molecular formula is C20H28O4S2. The molecule has 0 aliphatic carbocycles. The maximum atomic E-state index is 9.32. The Morgan fingerprint density at radius 2 is 1.00 bits per heavy atom. The van der Waals surface area contributed by atoms with Crippen molar-refractivity contribution in [3.63, 3.8) is 0 Å². The maximum Gasteiger partial charge on any atom is 0.170 e. The molecule has 2 aromatic rings. The zero-order chi connectivity index (χ0) is 19.4. The van der Waals surface area contributed by atoms with Gasteiger partial charge in [-0.2, -0.15) is 0 Å². The van der Waals surface area contributed by atoms with Crippen molar-refractivity contribution < 1.29 is 19.7 Å². The minimum absolute atomic E-state index is 0.0708. The first kappa shape index (κ1) is 21.0. The summed E-state index contributed by atoms with van der Waals surface area (Å²) in [6.07, 6.45) is 0. The van der Waals surface area contributed by atoms with Crippen LogP contribution in [0.3, 0.4) is 0 Å². The van der Waals surface area contributed by atoms with E-state index in [4.69, 9.17) is 9.47 Å². The summed E-state index contributed by atoms with van der Waals surface area (Å²) in [6.45, 7) is 12.7. The molecule has 0 aliphatic rings. The molecule has 0 aliphatic heterocycles. The monoisotopic (exact) mass is 396 g/mol. The van der Waals surface area contributed by atoms with Crippen LogP contribution in [0.1, 0.15) is 41.8 Å². The zero-order valence-corrected chi connectivity index (χ0v) is 18.0. The van der Waals surface area contributed by atoms with Crippen molar-refractivity contribution in [1.82, 2.24) is 0 Å². The highest BCUT2D eigenvalue weighted by molar-refractivity contribution is 7.12. The summed E-state index contributed by atoms with van der Waals surface area (Å²) in [5, 5.41) is 18.6.